The summed E-state index contributed by atoms with van der Waals surface area (Å²) in [5, 5.41) is 1.06. The molecule has 4 aliphatic heterocycles. The third kappa shape index (κ3) is 5.29. The minimum atomic E-state index is -0.870. The van der Waals surface area contributed by atoms with Crippen molar-refractivity contribution in [3.63, 3.8) is 0 Å². The molecule has 1 spiro atoms. The lowest BCUT2D eigenvalue weighted by molar-refractivity contribution is -0.146. The SMILES string of the molecule is CC(C)C1=C(C(=O)N2[C@H](C)CC[C@@H]2C(=O)N2C[C@@H](C)N(C)C3(CC3)C2)SC2=N[C@@](C)(c3ccc(Cl)nc3)[C@@H](c3ccc(Cl)c(F)c3)N21. The summed E-state index contributed by atoms with van der Waals surface area (Å²) in [5.41, 5.74) is 1.52. The highest BCUT2D eigenvalue weighted by Gasteiger charge is 2.56. The van der Waals surface area contributed by atoms with E-state index in [0.29, 0.717) is 33.8 Å². The van der Waals surface area contributed by atoms with Crippen molar-refractivity contribution in [2.75, 3.05) is 20.1 Å². The molecular weight excluding hydrogens is 658 g/mol. The number of allylic oxidation sites excluding steroid dienone is 1. The zero-order valence-corrected chi connectivity index (χ0v) is 30.0. The second-order valence-electron chi connectivity index (χ2n) is 14.4. The number of nitrogens with zero attached hydrogens (tertiary/aromatic N) is 6. The molecule has 5 atom stereocenters. The number of aromatic nitrogens is 1. The zero-order valence-electron chi connectivity index (χ0n) is 27.6. The third-order valence-corrected chi connectivity index (χ3v) is 12.6. The number of hydrogen-bond donors (Lipinski definition) is 0. The van der Waals surface area contributed by atoms with Crippen molar-refractivity contribution >= 4 is 51.9 Å². The first-order chi connectivity index (χ1) is 22.3. The van der Waals surface area contributed by atoms with Gasteiger partial charge in [-0.05, 0) is 94.9 Å². The van der Waals surface area contributed by atoms with Crippen LogP contribution in [-0.4, -0.2) is 85.4 Å². The van der Waals surface area contributed by atoms with Crippen molar-refractivity contribution in [1.29, 1.82) is 0 Å². The van der Waals surface area contributed by atoms with E-state index < -0.39 is 23.4 Å². The average Bonchev–Trinajstić information content (AvgIpc) is 3.40. The summed E-state index contributed by atoms with van der Waals surface area (Å²) in [4.78, 5) is 47.5. The predicted octanol–water partition coefficient (Wildman–Crippen LogP) is 6.84. The summed E-state index contributed by atoms with van der Waals surface area (Å²) in [5.74, 6) is -0.678. The molecule has 8 nitrogen and oxygen atoms in total. The number of carbonyl (C=O) groups excluding carboxylic acids is 2. The summed E-state index contributed by atoms with van der Waals surface area (Å²) >= 11 is 13.6. The van der Waals surface area contributed by atoms with Crippen LogP contribution in [-0.2, 0) is 15.1 Å². The molecule has 0 radical (unpaired) electrons. The van der Waals surface area contributed by atoms with E-state index in [1.54, 1.807) is 18.3 Å². The van der Waals surface area contributed by atoms with Crippen LogP contribution in [0.15, 0.2) is 52.1 Å². The fourth-order valence-corrected chi connectivity index (χ4v) is 9.73. The van der Waals surface area contributed by atoms with Crippen LogP contribution in [0.1, 0.15) is 77.5 Å². The van der Waals surface area contributed by atoms with Gasteiger partial charge in [0.05, 0.1) is 11.1 Å². The number of likely N-dealkylation sites (tertiary alicyclic amines) is 1. The van der Waals surface area contributed by atoms with Gasteiger partial charge in [-0.1, -0.05) is 49.2 Å². The van der Waals surface area contributed by atoms with Gasteiger partial charge in [-0.25, -0.2) is 14.4 Å². The van der Waals surface area contributed by atoms with Crippen molar-refractivity contribution in [1.82, 2.24) is 24.6 Å². The lowest BCUT2D eigenvalue weighted by Gasteiger charge is -2.46. The van der Waals surface area contributed by atoms with Gasteiger partial charge in [0.1, 0.15) is 27.5 Å². The Balaban J connectivity index is 1.26. The Morgan fingerprint density at radius 2 is 1.83 bits per heavy atom. The zero-order chi connectivity index (χ0) is 33.6. The molecule has 0 bridgehead atoms. The van der Waals surface area contributed by atoms with E-state index in [2.05, 4.69) is 42.6 Å². The van der Waals surface area contributed by atoms with Crippen molar-refractivity contribution in [3.8, 4) is 0 Å². The van der Waals surface area contributed by atoms with Crippen LogP contribution in [0.4, 0.5) is 4.39 Å². The van der Waals surface area contributed by atoms with Gasteiger partial charge < -0.3 is 14.7 Å². The molecule has 250 valence electrons. The number of rotatable bonds is 5. The summed E-state index contributed by atoms with van der Waals surface area (Å²) < 4.78 is 15.0. The van der Waals surface area contributed by atoms with Gasteiger partial charge >= 0.3 is 0 Å². The van der Waals surface area contributed by atoms with Crippen molar-refractivity contribution in [2.45, 2.75) is 95.5 Å². The molecule has 0 unspecified atom stereocenters. The second kappa shape index (κ2) is 11.7. The molecule has 3 fully saturated rings. The lowest BCUT2D eigenvalue weighted by atomic mass is 9.81. The Hall–Kier alpha value is -2.66. The summed E-state index contributed by atoms with van der Waals surface area (Å²) in [6.07, 6.45) is 5.32. The Labute approximate surface area is 290 Å². The largest absolute Gasteiger partial charge is 0.337 e. The first-order valence-corrected chi connectivity index (χ1v) is 18.1. The number of hydrogen-bond acceptors (Lipinski definition) is 7. The maximum absolute atomic E-state index is 15.0. The summed E-state index contributed by atoms with van der Waals surface area (Å²) in [7, 11) is 2.17. The minimum absolute atomic E-state index is 0.0371. The highest BCUT2D eigenvalue weighted by atomic mass is 35.5. The van der Waals surface area contributed by atoms with Crippen LogP contribution >= 0.6 is 35.0 Å². The van der Waals surface area contributed by atoms with Crippen LogP contribution < -0.4 is 0 Å². The number of likely N-dealkylation sites (N-methyl/N-ethyl adjacent to an activating group) is 1. The van der Waals surface area contributed by atoms with Crippen LogP contribution in [0, 0.1) is 11.7 Å². The van der Waals surface area contributed by atoms with E-state index in [1.807, 2.05) is 35.8 Å². The first-order valence-electron chi connectivity index (χ1n) is 16.5. The highest BCUT2D eigenvalue weighted by Crippen LogP contribution is 2.56. The normalized spacial score (nSPS) is 30.1. The number of piperazine rings is 1. The van der Waals surface area contributed by atoms with E-state index in [1.165, 1.54) is 17.8 Å². The van der Waals surface area contributed by atoms with E-state index >= 15 is 4.39 Å². The number of fused-ring (bicyclic) bond motifs is 1. The first kappa shape index (κ1) is 32.9. The fraction of sp³-hybridized carbons (Fsp3) is 0.543. The Morgan fingerprint density at radius 1 is 1.09 bits per heavy atom. The molecule has 1 aromatic carbocycles. The van der Waals surface area contributed by atoms with Gasteiger partial charge in [0, 0.05) is 48.2 Å². The molecule has 1 aliphatic carbocycles. The van der Waals surface area contributed by atoms with Gasteiger partial charge in [-0.2, -0.15) is 0 Å². The smallest absolute Gasteiger partial charge is 0.263 e. The van der Waals surface area contributed by atoms with E-state index in [9.17, 15) is 9.59 Å². The maximum atomic E-state index is 15.0. The van der Waals surface area contributed by atoms with Gasteiger partial charge in [-0.15, -0.1) is 0 Å². The van der Waals surface area contributed by atoms with Crippen LogP contribution in [0.25, 0.3) is 0 Å². The van der Waals surface area contributed by atoms with E-state index in [0.717, 1.165) is 37.1 Å². The predicted molar refractivity (Wildman–Crippen MR) is 185 cm³/mol. The molecule has 12 heteroatoms. The van der Waals surface area contributed by atoms with Crippen molar-refractivity contribution in [2.24, 2.45) is 10.9 Å². The molecule has 0 N–H and O–H groups in total. The van der Waals surface area contributed by atoms with Crippen molar-refractivity contribution < 1.29 is 14.0 Å². The Kier molecular flexibility index (Phi) is 8.21. The summed E-state index contributed by atoms with van der Waals surface area (Å²) in [6, 6.07) is 7.65. The number of benzene rings is 1. The molecule has 5 aliphatic rings. The molecule has 2 aromatic rings. The highest BCUT2D eigenvalue weighted by molar-refractivity contribution is 8.18. The number of halogens is 3. The van der Waals surface area contributed by atoms with E-state index in [-0.39, 0.29) is 40.4 Å². The van der Waals surface area contributed by atoms with Gasteiger partial charge in [0.15, 0.2) is 5.17 Å². The molecule has 2 saturated heterocycles. The molecule has 1 saturated carbocycles. The van der Waals surface area contributed by atoms with Crippen molar-refractivity contribution in [3.05, 3.63) is 74.3 Å². The van der Waals surface area contributed by atoms with Crippen LogP contribution in [0.2, 0.25) is 10.2 Å². The topological polar surface area (TPSA) is 72.4 Å². The third-order valence-electron chi connectivity index (χ3n) is 11.0. The molecule has 7 rings (SSSR count). The van der Waals surface area contributed by atoms with E-state index in [4.69, 9.17) is 28.2 Å². The molecule has 2 amide bonds. The second-order valence-corrected chi connectivity index (χ2v) is 16.2. The van der Waals surface area contributed by atoms with Gasteiger partial charge in [0.25, 0.3) is 5.91 Å². The minimum Gasteiger partial charge on any atom is -0.337 e. The number of thioether (sulfide) groups is 1. The average molecular weight is 700 g/mol. The van der Waals surface area contributed by atoms with Crippen LogP contribution in [0.3, 0.4) is 0 Å². The molecule has 5 heterocycles. The number of pyridine rings is 1. The van der Waals surface area contributed by atoms with Gasteiger partial charge in [0.2, 0.25) is 5.91 Å². The number of amides is 2. The standard InChI is InChI=1S/C35H41Cl2FN6O2S/c1-19(2)28-29(32(46)43-20(3)7-11-26(43)31(45)42-17-21(4)41(6)35(18-42)13-14-35)47-33-40-34(5,23-9-12-27(37)39-16-23)30(44(28)33)22-8-10-24(36)25(38)15-22/h8-10,12,15-16,19-21,26,30H,7,11,13-14,17-18H2,1-6H3/t20-,21-,26-,30-,34+/m1/s1. The monoisotopic (exact) mass is 698 g/mol. The number of aliphatic imine (C=N–C) groups is 1. The molecule has 1 aromatic heterocycles. The number of carbonyl (C=O) groups is 2. The Morgan fingerprint density at radius 3 is 2.47 bits per heavy atom. The lowest BCUT2D eigenvalue weighted by Crippen LogP contribution is -2.62. The molecule has 47 heavy (non-hydrogen) atoms. The molecular formula is C35H41Cl2FN6O2S. The quantitative estimate of drug-likeness (QED) is 0.319. The summed E-state index contributed by atoms with van der Waals surface area (Å²) in [6.45, 7) is 11.7. The van der Waals surface area contributed by atoms with Crippen LogP contribution in [0.5, 0.6) is 0 Å². The number of amidine groups is 1. The van der Waals surface area contributed by atoms with Gasteiger partial charge in [-0.3, -0.25) is 14.5 Å². The Bertz CT molecular complexity index is 1700. The fourth-order valence-electron chi connectivity index (χ4n) is 8.15. The maximum Gasteiger partial charge on any atom is 0.263 e.